The third kappa shape index (κ3) is 3.31. The Hall–Kier alpha value is -1.44. The highest BCUT2D eigenvalue weighted by Crippen LogP contribution is 2.19. The van der Waals surface area contributed by atoms with Crippen molar-refractivity contribution in [2.75, 3.05) is 5.73 Å². The Labute approximate surface area is 116 Å². The van der Waals surface area contributed by atoms with Crippen LogP contribution in [0.1, 0.15) is 17.4 Å². The van der Waals surface area contributed by atoms with Crippen molar-refractivity contribution in [1.82, 2.24) is 9.71 Å². The quantitative estimate of drug-likeness (QED) is 0.824. The Morgan fingerprint density at radius 2 is 2.21 bits per heavy atom. The number of nitrogens with two attached hydrogens (primary N) is 1. The van der Waals surface area contributed by atoms with Crippen molar-refractivity contribution < 1.29 is 8.42 Å². The molecule has 5 nitrogen and oxygen atoms in total. The molecule has 2 rings (SSSR count). The summed E-state index contributed by atoms with van der Waals surface area (Å²) < 4.78 is 26.7. The van der Waals surface area contributed by atoms with Crippen molar-refractivity contribution in [1.29, 1.82) is 0 Å². The summed E-state index contributed by atoms with van der Waals surface area (Å²) in [7, 11) is -3.53. The summed E-state index contributed by atoms with van der Waals surface area (Å²) in [6.07, 6.45) is 2.42. The molecular weight excluding hydrogens is 282 g/mol. The van der Waals surface area contributed by atoms with E-state index in [1.165, 1.54) is 17.4 Å². The molecular formula is C12H15N3O2S2. The number of aromatic nitrogens is 1. The number of nitrogens with one attached hydrogen (secondary N) is 1. The van der Waals surface area contributed by atoms with Gasteiger partial charge in [0.05, 0.1) is 10.4 Å². The van der Waals surface area contributed by atoms with E-state index >= 15 is 0 Å². The van der Waals surface area contributed by atoms with Gasteiger partial charge in [0.25, 0.3) is 0 Å². The minimum atomic E-state index is -3.53. The summed E-state index contributed by atoms with van der Waals surface area (Å²) in [4.78, 5) is 4.95. The topological polar surface area (TPSA) is 85.1 Å². The third-order valence-corrected chi connectivity index (χ3v) is 4.91. The Kier molecular flexibility index (Phi) is 4.18. The number of hydrogen-bond donors (Lipinski definition) is 2. The molecule has 0 spiro atoms. The summed E-state index contributed by atoms with van der Waals surface area (Å²) in [5.41, 5.74) is 8.93. The summed E-state index contributed by atoms with van der Waals surface area (Å²) in [6, 6.07) is 4.81. The lowest BCUT2D eigenvalue weighted by molar-refractivity contribution is 0.582. The lowest BCUT2D eigenvalue weighted by Crippen LogP contribution is -2.23. The zero-order valence-corrected chi connectivity index (χ0v) is 12.1. The number of hydrogen-bond acceptors (Lipinski definition) is 5. The molecule has 0 saturated heterocycles. The minimum Gasteiger partial charge on any atom is -0.398 e. The van der Waals surface area contributed by atoms with Crippen molar-refractivity contribution >= 4 is 27.0 Å². The molecule has 0 aliphatic carbocycles. The highest BCUT2D eigenvalue weighted by Gasteiger charge is 2.15. The molecule has 0 amide bonds. The largest absolute Gasteiger partial charge is 0.398 e. The zero-order valence-electron chi connectivity index (χ0n) is 10.5. The van der Waals surface area contributed by atoms with E-state index in [0.717, 1.165) is 16.9 Å². The second-order valence-electron chi connectivity index (χ2n) is 4.01. The van der Waals surface area contributed by atoms with Gasteiger partial charge in [-0.1, -0.05) is 13.0 Å². The molecule has 2 aromatic rings. The number of sulfonamides is 1. The van der Waals surface area contributed by atoms with E-state index in [2.05, 4.69) is 9.71 Å². The van der Waals surface area contributed by atoms with Crippen LogP contribution in [0.5, 0.6) is 0 Å². The van der Waals surface area contributed by atoms with Crippen molar-refractivity contribution in [3.8, 4) is 0 Å². The van der Waals surface area contributed by atoms with Crippen LogP contribution in [0.15, 0.2) is 34.8 Å². The van der Waals surface area contributed by atoms with Crippen LogP contribution in [0, 0.1) is 0 Å². The van der Waals surface area contributed by atoms with Gasteiger partial charge in [0.15, 0.2) is 0 Å². The summed E-state index contributed by atoms with van der Waals surface area (Å²) in [6.45, 7) is 2.21. The van der Waals surface area contributed by atoms with Gasteiger partial charge in [-0.25, -0.2) is 13.1 Å². The fourth-order valence-electron chi connectivity index (χ4n) is 1.64. The zero-order chi connectivity index (χ0) is 13.9. The molecule has 1 aromatic heterocycles. The average Bonchev–Trinajstić information content (AvgIpc) is 2.89. The van der Waals surface area contributed by atoms with E-state index in [1.54, 1.807) is 23.8 Å². The maximum absolute atomic E-state index is 12.1. The summed E-state index contributed by atoms with van der Waals surface area (Å²) in [5.74, 6) is 0. The first-order chi connectivity index (χ1) is 9.03. The van der Waals surface area contributed by atoms with Crippen molar-refractivity contribution in [3.05, 3.63) is 40.3 Å². The number of nitrogens with zero attached hydrogens (tertiary/aromatic N) is 1. The van der Waals surface area contributed by atoms with Gasteiger partial charge in [-0.05, 0) is 24.1 Å². The highest BCUT2D eigenvalue weighted by molar-refractivity contribution is 7.89. The SMILES string of the molecule is CCc1ccc(S(=O)(=O)NCc2cncs2)cc1N. The molecule has 7 heteroatoms. The first-order valence-corrected chi connectivity index (χ1v) is 8.14. The minimum absolute atomic E-state index is 0.187. The third-order valence-electron chi connectivity index (χ3n) is 2.73. The van der Waals surface area contributed by atoms with Crippen LogP contribution in [0.25, 0.3) is 0 Å². The molecule has 19 heavy (non-hydrogen) atoms. The monoisotopic (exact) mass is 297 g/mol. The molecule has 0 aliphatic rings. The van der Waals surface area contributed by atoms with Gasteiger partial charge in [-0.15, -0.1) is 11.3 Å². The number of nitrogen functional groups attached to an aromatic ring is 1. The van der Waals surface area contributed by atoms with Gasteiger partial charge in [0, 0.05) is 23.3 Å². The normalized spacial score (nSPS) is 11.6. The number of aryl methyl sites for hydroxylation is 1. The molecule has 0 radical (unpaired) electrons. The number of anilines is 1. The lowest BCUT2D eigenvalue weighted by atomic mass is 10.1. The molecule has 0 fully saturated rings. The van der Waals surface area contributed by atoms with Crippen molar-refractivity contribution in [2.24, 2.45) is 0 Å². The van der Waals surface area contributed by atoms with Crippen molar-refractivity contribution in [2.45, 2.75) is 24.8 Å². The van der Waals surface area contributed by atoms with Gasteiger partial charge in [0.2, 0.25) is 10.0 Å². The van der Waals surface area contributed by atoms with Gasteiger partial charge < -0.3 is 5.73 Å². The van der Waals surface area contributed by atoms with E-state index in [0.29, 0.717) is 5.69 Å². The van der Waals surface area contributed by atoms with E-state index in [9.17, 15) is 8.42 Å². The molecule has 0 saturated carbocycles. The number of benzene rings is 1. The fourth-order valence-corrected chi connectivity index (χ4v) is 3.31. The van der Waals surface area contributed by atoms with E-state index in [4.69, 9.17) is 5.73 Å². The number of thiazole rings is 1. The Morgan fingerprint density at radius 3 is 2.79 bits per heavy atom. The van der Waals surface area contributed by atoms with Crippen LogP contribution in [0.2, 0.25) is 0 Å². The molecule has 1 heterocycles. The van der Waals surface area contributed by atoms with Gasteiger partial charge in [0.1, 0.15) is 0 Å². The first kappa shape index (κ1) is 14.0. The number of rotatable bonds is 5. The molecule has 0 unspecified atom stereocenters. The Bertz CT molecular complexity index is 652. The van der Waals surface area contributed by atoms with Crippen LogP contribution in [-0.4, -0.2) is 13.4 Å². The van der Waals surface area contributed by atoms with Gasteiger partial charge in [-0.2, -0.15) is 0 Å². The van der Waals surface area contributed by atoms with Crippen LogP contribution >= 0.6 is 11.3 Å². The maximum atomic E-state index is 12.1. The molecule has 0 atom stereocenters. The summed E-state index contributed by atoms with van der Waals surface area (Å²) in [5, 5.41) is 0. The van der Waals surface area contributed by atoms with E-state index < -0.39 is 10.0 Å². The van der Waals surface area contributed by atoms with Crippen LogP contribution in [0.4, 0.5) is 5.69 Å². The second-order valence-corrected chi connectivity index (χ2v) is 6.74. The van der Waals surface area contributed by atoms with Crippen molar-refractivity contribution in [3.63, 3.8) is 0 Å². The predicted molar refractivity (Wildman–Crippen MR) is 76.4 cm³/mol. The predicted octanol–water partition coefficient (Wildman–Crippen LogP) is 1.77. The lowest BCUT2D eigenvalue weighted by Gasteiger charge is -2.08. The van der Waals surface area contributed by atoms with Gasteiger partial charge in [-0.3, -0.25) is 4.98 Å². The van der Waals surface area contributed by atoms with Crippen LogP contribution in [0.3, 0.4) is 0 Å². The average molecular weight is 297 g/mol. The highest BCUT2D eigenvalue weighted by atomic mass is 32.2. The first-order valence-electron chi connectivity index (χ1n) is 5.78. The smallest absolute Gasteiger partial charge is 0.240 e. The van der Waals surface area contributed by atoms with E-state index in [-0.39, 0.29) is 11.4 Å². The van der Waals surface area contributed by atoms with Gasteiger partial charge >= 0.3 is 0 Å². The Balaban J connectivity index is 2.17. The second kappa shape index (κ2) is 5.68. The van der Waals surface area contributed by atoms with Crippen LogP contribution in [-0.2, 0) is 23.0 Å². The molecule has 0 bridgehead atoms. The maximum Gasteiger partial charge on any atom is 0.240 e. The molecule has 102 valence electrons. The van der Waals surface area contributed by atoms with E-state index in [1.807, 2.05) is 6.92 Å². The summed E-state index contributed by atoms with van der Waals surface area (Å²) >= 11 is 1.41. The molecule has 1 aromatic carbocycles. The standard InChI is InChI=1S/C12H15N3O2S2/c1-2-9-3-4-11(5-12(9)13)19(16,17)15-7-10-6-14-8-18-10/h3-6,8,15H,2,7,13H2,1H3. The van der Waals surface area contributed by atoms with Crippen LogP contribution < -0.4 is 10.5 Å². The molecule has 0 aliphatic heterocycles. The fraction of sp³-hybridized carbons (Fsp3) is 0.250. The molecule has 3 N–H and O–H groups in total. The Morgan fingerprint density at radius 1 is 1.42 bits per heavy atom.